The zero-order valence-corrected chi connectivity index (χ0v) is 17.0. The molecule has 0 aliphatic carbocycles. The number of imidazole rings is 1. The molecule has 15 heteroatoms. The molecule has 2 aromatic heterocycles. The number of aliphatic hydroxyl groups excluding tert-OH is 1. The van der Waals surface area contributed by atoms with Gasteiger partial charge in [-0.05, 0) is 18.4 Å². The van der Waals surface area contributed by atoms with Crippen molar-refractivity contribution in [1.82, 2.24) is 24.2 Å². The van der Waals surface area contributed by atoms with Gasteiger partial charge >= 0.3 is 10.3 Å². The molecule has 1 aliphatic rings. The number of nitrogens with zero attached hydrogens (tertiary/aromatic N) is 4. The molecule has 0 radical (unpaired) electrons. The van der Waals surface area contributed by atoms with Crippen molar-refractivity contribution in [1.29, 1.82) is 0 Å². The van der Waals surface area contributed by atoms with Gasteiger partial charge in [0.15, 0.2) is 24.0 Å². The number of carbonyl (C=O) groups excluding carboxylic acids is 1. The third kappa shape index (κ3) is 4.93. The number of hydrogen-bond acceptors (Lipinski definition) is 12. The van der Waals surface area contributed by atoms with E-state index in [2.05, 4.69) is 15.0 Å². The average Bonchev–Trinajstić information content (AvgIpc) is 3.22. The monoisotopic (exact) mass is 447 g/mol. The molecule has 6 N–H and O–H groups in total. The lowest BCUT2D eigenvalue weighted by Crippen LogP contribution is -2.45. The number of nitrogens with two attached hydrogens (primary N) is 2. The Morgan fingerprint density at radius 3 is 3.00 bits per heavy atom. The minimum Gasteiger partial charge on any atom is -0.388 e. The average molecular weight is 447 g/mol. The summed E-state index contributed by atoms with van der Waals surface area (Å²) in [5, 5.41) is 10.3. The number of ether oxygens (including phenoxy) is 1. The van der Waals surface area contributed by atoms with Crippen LogP contribution in [0.15, 0.2) is 12.7 Å². The number of thioether (sulfide) groups is 1. The topological polar surface area (TPSA) is 198 Å². The van der Waals surface area contributed by atoms with E-state index in [0.29, 0.717) is 23.3 Å². The molecule has 1 aliphatic heterocycles. The van der Waals surface area contributed by atoms with E-state index in [1.165, 1.54) is 29.0 Å². The fraction of sp³-hybridized carbons (Fsp3) is 0.571. The number of nitrogen functional groups attached to an aromatic ring is 1. The van der Waals surface area contributed by atoms with Gasteiger partial charge in [-0.3, -0.25) is 9.36 Å². The van der Waals surface area contributed by atoms with E-state index < -0.39 is 40.9 Å². The molecule has 3 heterocycles. The number of fused-ring (bicyclic) bond motifs is 1. The lowest BCUT2D eigenvalue weighted by molar-refractivity contribution is -0.121. The van der Waals surface area contributed by atoms with Crippen molar-refractivity contribution in [2.24, 2.45) is 5.73 Å². The molecule has 2 aromatic rings. The van der Waals surface area contributed by atoms with Crippen molar-refractivity contribution in [3.63, 3.8) is 0 Å². The summed E-state index contributed by atoms with van der Waals surface area (Å²) in [6.45, 7) is 0. The highest BCUT2D eigenvalue weighted by Crippen LogP contribution is 2.32. The van der Waals surface area contributed by atoms with E-state index in [-0.39, 0.29) is 12.2 Å². The Morgan fingerprint density at radius 2 is 2.28 bits per heavy atom. The first-order chi connectivity index (χ1) is 13.7. The highest BCUT2D eigenvalue weighted by molar-refractivity contribution is 7.98. The van der Waals surface area contributed by atoms with Crippen LogP contribution >= 0.6 is 11.8 Å². The van der Waals surface area contributed by atoms with Gasteiger partial charge in [-0.25, -0.2) is 23.9 Å². The van der Waals surface area contributed by atoms with Gasteiger partial charge in [-0.15, -0.1) is 0 Å². The van der Waals surface area contributed by atoms with E-state index in [4.69, 9.17) is 20.4 Å². The summed E-state index contributed by atoms with van der Waals surface area (Å²) in [5.41, 5.74) is 12.0. The van der Waals surface area contributed by atoms with Gasteiger partial charge in [0.2, 0.25) is 0 Å². The predicted molar refractivity (Wildman–Crippen MR) is 103 cm³/mol. The molecule has 0 aromatic carbocycles. The van der Waals surface area contributed by atoms with Gasteiger partial charge in [-0.2, -0.15) is 20.2 Å². The van der Waals surface area contributed by atoms with E-state index in [9.17, 15) is 18.3 Å². The fourth-order valence-corrected chi connectivity index (χ4v) is 4.07. The van der Waals surface area contributed by atoms with Crippen LogP contribution in [0.2, 0.25) is 0 Å². The molecule has 4 atom stereocenters. The van der Waals surface area contributed by atoms with Gasteiger partial charge in [-0.1, -0.05) is 0 Å². The molecule has 1 amide bonds. The number of hydrogen-bond donors (Lipinski definition) is 4. The standard InChI is InChI=1S/C14H21N7O6S2/c1-28-3-2-7(15)13(23)20-29(24,25)27-9-4-8(22)14(26-9)21-6-19-10-11(16)17-5-18-12(10)21/h5-9,14,22H,2-4,15H2,1H3,(H,20,23)(H2,16,17,18)/t7-,8+,9+,14+/m0/s1. The SMILES string of the molecule is CSCC[C@H](N)C(=O)NS(=O)(=O)O[C@@H]1C[C@@H](O)[C@H](n2cnc3c(N)ncnc32)O1. The number of anilines is 1. The van der Waals surface area contributed by atoms with E-state index in [0.717, 1.165) is 0 Å². The minimum atomic E-state index is -4.49. The Morgan fingerprint density at radius 1 is 1.52 bits per heavy atom. The quantitative estimate of drug-likeness (QED) is 0.365. The van der Waals surface area contributed by atoms with Crippen molar-refractivity contribution < 1.29 is 27.2 Å². The number of aromatic nitrogens is 4. The van der Waals surface area contributed by atoms with Gasteiger partial charge in [0, 0.05) is 6.42 Å². The van der Waals surface area contributed by atoms with E-state index in [1.54, 1.807) is 4.72 Å². The minimum absolute atomic E-state index is 0.150. The maximum absolute atomic E-state index is 12.1. The van der Waals surface area contributed by atoms with Gasteiger partial charge in [0.1, 0.15) is 17.9 Å². The van der Waals surface area contributed by atoms with Crippen molar-refractivity contribution in [2.75, 3.05) is 17.7 Å². The summed E-state index contributed by atoms with van der Waals surface area (Å²) in [5.74, 6) is -0.138. The fourth-order valence-electron chi connectivity index (χ4n) is 2.72. The van der Waals surface area contributed by atoms with Crippen molar-refractivity contribution in [3.05, 3.63) is 12.7 Å². The summed E-state index contributed by atoms with van der Waals surface area (Å²) >= 11 is 1.48. The maximum atomic E-state index is 12.1. The van der Waals surface area contributed by atoms with Crippen molar-refractivity contribution >= 4 is 45.0 Å². The number of carbonyl (C=O) groups is 1. The molecule has 0 unspecified atom stereocenters. The second-order valence-corrected chi connectivity index (χ2v) is 8.54. The van der Waals surface area contributed by atoms with Crippen LogP contribution in [0.1, 0.15) is 19.1 Å². The molecule has 1 saturated heterocycles. The third-order valence-electron chi connectivity index (χ3n) is 4.14. The molecule has 1 fully saturated rings. The number of nitrogens with one attached hydrogen (secondary N) is 1. The third-order valence-corrected chi connectivity index (χ3v) is 5.71. The Hall–Kier alpha value is -2.04. The van der Waals surface area contributed by atoms with E-state index >= 15 is 0 Å². The summed E-state index contributed by atoms with van der Waals surface area (Å²) in [7, 11) is -4.49. The van der Waals surface area contributed by atoms with Crippen LogP contribution in [0.4, 0.5) is 5.82 Å². The summed E-state index contributed by atoms with van der Waals surface area (Å²) in [6, 6.07) is -0.994. The molecular formula is C14H21N7O6S2. The molecule has 160 valence electrons. The first kappa shape index (κ1) is 21.7. The highest BCUT2D eigenvalue weighted by atomic mass is 32.2. The molecule has 0 saturated carbocycles. The van der Waals surface area contributed by atoms with Crippen LogP contribution in [0.5, 0.6) is 0 Å². The van der Waals surface area contributed by atoms with Crippen molar-refractivity contribution in [3.8, 4) is 0 Å². The van der Waals surface area contributed by atoms with Gasteiger partial charge in [0.25, 0.3) is 5.91 Å². The second kappa shape index (κ2) is 8.76. The second-order valence-electron chi connectivity index (χ2n) is 6.25. The lowest BCUT2D eigenvalue weighted by atomic mass is 10.2. The van der Waals surface area contributed by atoms with Crippen LogP contribution in [0, 0.1) is 0 Å². The summed E-state index contributed by atoms with van der Waals surface area (Å²) < 4.78 is 37.7. The zero-order chi connectivity index (χ0) is 21.2. The van der Waals surface area contributed by atoms with E-state index in [1.807, 2.05) is 6.26 Å². The predicted octanol–water partition coefficient (Wildman–Crippen LogP) is -1.53. The summed E-state index contributed by atoms with van der Waals surface area (Å²) in [4.78, 5) is 23.8. The van der Waals surface area contributed by atoms with Crippen LogP contribution in [0.3, 0.4) is 0 Å². The number of aliphatic hydroxyl groups is 1. The smallest absolute Gasteiger partial charge is 0.364 e. The molecule has 3 rings (SSSR count). The molecular weight excluding hydrogens is 426 g/mol. The van der Waals surface area contributed by atoms with Crippen LogP contribution in [-0.4, -0.2) is 69.4 Å². The maximum Gasteiger partial charge on any atom is 0.364 e. The lowest BCUT2D eigenvalue weighted by Gasteiger charge is -2.17. The summed E-state index contributed by atoms with van der Waals surface area (Å²) in [6.07, 6.45) is 1.07. The van der Waals surface area contributed by atoms with Crippen molar-refractivity contribution in [2.45, 2.75) is 37.5 Å². The van der Waals surface area contributed by atoms with Crippen LogP contribution < -0.4 is 16.2 Å². The van der Waals surface area contributed by atoms with Crippen LogP contribution in [-0.2, 0) is 24.0 Å². The molecule has 13 nitrogen and oxygen atoms in total. The Kier molecular flexibility index (Phi) is 6.55. The Balaban J connectivity index is 1.66. The molecule has 0 bridgehead atoms. The van der Waals surface area contributed by atoms with Crippen LogP contribution in [0.25, 0.3) is 11.2 Å². The first-order valence-electron chi connectivity index (χ1n) is 8.47. The molecule has 0 spiro atoms. The first-order valence-corrected chi connectivity index (χ1v) is 11.3. The van der Waals surface area contributed by atoms with Gasteiger partial charge < -0.3 is 21.3 Å². The van der Waals surface area contributed by atoms with Gasteiger partial charge in [0.05, 0.1) is 12.4 Å². The highest BCUT2D eigenvalue weighted by Gasteiger charge is 2.39. The Bertz CT molecular complexity index is 984. The number of rotatable bonds is 8. The Labute approximate surface area is 170 Å². The number of amides is 1. The zero-order valence-electron chi connectivity index (χ0n) is 15.3. The normalized spacial score (nSPS) is 23.3. The largest absolute Gasteiger partial charge is 0.388 e. The molecule has 29 heavy (non-hydrogen) atoms.